The van der Waals surface area contributed by atoms with E-state index in [0.29, 0.717) is 25.0 Å². The van der Waals surface area contributed by atoms with Gasteiger partial charge in [-0.2, -0.15) is 0 Å². The van der Waals surface area contributed by atoms with Gasteiger partial charge in [0, 0.05) is 18.8 Å². The SMILES string of the molecule is CCC(=O)Oc1cc(Cc2cccnc2)cc(CC(C)C(=O)OC)c1. The van der Waals surface area contributed by atoms with Crippen LogP contribution in [0.25, 0.3) is 0 Å². The molecule has 25 heavy (non-hydrogen) atoms. The molecule has 0 aliphatic carbocycles. The van der Waals surface area contributed by atoms with Crippen LogP contribution < -0.4 is 4.74 Å². The summed E-state index contributed by atoms with van der Waals surface area (Å²) in [5, 5.41) is 0. The highest BCUT2D eigenvalue weighted by atomic mass is 16.5. The number of hydrogen-bond donors (Lipinski definition) is 0. The molecule has 1 heterocycles. The molecule has 2 aromatic rings. The van der Waals surface area contributed by atoms with Gasteiger partial charge in [0.15, 0.2) is 0 Å². The van der Waals surface area contributed by atoms with E-state index < -0.39 is 0 Å². The minimum absolute atomic E-state index is 0.259. The summed E-state index contributed by atoms with van der Waals surface area (Å²) in [7, 11) is 1.38. The van der Waals surface area contributed by atoms with Gasteiger partial charge in [0.25, 0.3) is 0 Å². The average Bonchev–Trinajstić information content (AvgIpc) is 2.61. The van der Waals surface area contributed by atoms with Crippen LogP contribution in [0.1, 0.15) is 37.0 Å². The topological polar surface area (TPSA) is 65.5 Å². The first-order valence-corrected chi connectivity index (χ1v) is 8.32. The number of rotatable bonds is 7. The van der Waals surface area contributed by atoms with Crippen molar-refractivity contribution in [3.8, 4) is 5.75 Å². The Labute approximate surface area is 148 Å². The third-order valence-corrected chi connectivity index (χ3v) is 3.82. The number of esters is 2. The zero-order chi connectivity index (χ0) is 18.2. The Morgan fingerprint density at radius 3 is 2.56 bits per heavy atom. The summed E-state index contributed by atoms with van der Waals surface area (Å²) in [6.45, 7) is 3.57. The van der Waals surface area contributed by atoms with Crippen LogP contribution >= 0.6 is 0 Å². The third-order valence-electron chi connectivity index (χ3n) is 3.82. The van der Waals surface area contributed by atoms with Crippen LogP contribution in [-0.4, -0.2) is 24.0 Å². The van der Waals surface area contributed by atoms with E-state index in [1.54, 1.807) is 19.2 Å². The van der Waals surface area contributed by atoms with Crippen molar-refractivity contribution in [2.75, 3.05) is 7.11 Å². The zero-order valence-electron chi connectivity index (χ0n) is 14.8. The van der Waals surface area contributed by atoms with Gasteiger partial charge in [0.2, 0.25) is 0 Å². The van der Waals surface area contributed by atoms with E-state index >= 15 is 0 Å². The second kappa shape index (κ2) is 8.97. The van der Waals surface area contributed by atoms with E-state index in [0.717, 1.165) is 16.7 Å². The van der Waals surface area contributed by atoms with Crippen LogP contribution in [-0.2, 0) is 27.2 Å². The summed E-state index contributed by atoms with van der Waals surface area (Å²) in [6.07, 6.45) is 5.03. The van der Waals surface area contributed by atoms with E-state index in [1.807, 2.05) is 37.4 Å². The van der Waals surface area contributed by atoms with E-state index in [-0.39, 0.29) is 17.9 Å². The normalized spacial score (nSPS) is 11.6. The number of benzene rings is 1. The molecule has 0 radical (unpaired) electrons. The Hall–Kier alpha value is -2.69. The fourth-order valence-corrected chi connectivity index (χ4v) is 2.59. The lowest BCUT2D eigenvalue weighted by Crippen LogP contribution is -2.15. The van der Waals surface area contributed by atoms with E-state index in [4.69, 9.17) is 9.47 Å². The Bertz CT molecular complexity index is 728. The number of methoxy groups -OCH3 is 1. The summed E-state index contributed by atoms with van der Waals surface area (Å²) < 4.78 is 10.2. The number of nitrogens with zero attached hydrogens (tertiary/aromatic N) is 1. The number of carbonyl (C=O) groups is 2. The molecule has 1 aromatic carbocycles. The number of hydrogen-bond acceptors (Lipinski definition) is 5. The standard InChI is InChI=1S/C20H23NO4/c1-4-19(22)25-18-11-16(8-14(2)20(23)24-3)10-17(12-18)9-15-6-5-7-21-13-15/h5-7,10-14H,4,8-9H2,1-3H3. The van der Waals surface area contributed by atoms with Crippen LogP contribution in [0.15, 0.2) is 42.7 Å². The summed E-state index contributed by atoms with van der Waals surface area (Å²) >= 11 is 0. The molecule has 1 aromatic heterocycles. The van der Waals surface area contributed by atoms with Gasteiger partial charge in [0.05, 0.1) is 13.0 Å². The lowest BCUT2D eigenvalue weighted by Gasteiger charge is -2.13. The predicted molar refractivity (Wildman–Crippen MR) is 94.3 cm³/mol. The maximum atomic E-state index is 11.7. The highest BCUT2D eigenvalue weighted by Gasteiger charge is 2.15. The second-order valence-corrected chi connectivity index (χ2v) is 5.98. The van der Waals surface area contributed by atoms with Crippen molar-refractivity contribution in [2.45, 2.75) is 33.1 Å². The lowest BCUT2D eigenvalue weighted by molar-refractivity contribution is -0.144. The molecule has 0 aliphatic rings. The van der Waals surface area contributed by atoms with Gasteiger partial charge in [-0.05, 0) is 47.7 Å². The first-order chi connectivity index (χ1) is 12.0. The summed E-state index contributed by atoms with van der Waals surface area (Å²) in [5.74, 6) is -0.316. The highest BCUT2D eigenvalue weighted by Crippen LogP contribution is 2.22. The van der Waals surface area contributed by atoms with Crippen LogP contribution in [0, 0.1) is 5.92 Å². The van der Waals surface area contributed by atoms with E-state index in [1.165, 1.54) is 7.11 Å². The van der Waals surface area contributed by atoms with Crippen LogP contribution in [0.5, 0.6) is 5.75 Å². The average molecular weight is 341 g/mol. The minimum Gasteiger partial charge on any atom is -0.469 e. The smallest absolute Gasteiger partial charge is 0.310 e. The van der Waals surface area contributed by atoms with Crippen molar-refractivity contribution < 1.29 is 19.1 Å². The molecule has 0 bridgehead atoms. The molecule has 132 valence electrons. The Balaban J connectivity index is 2.27. The molecule has 5 heteroatoms. The fourth-order valence-electron chi connectivity index (χ4n) is 2.59. The molecule has 0 amide bonds. The van der Waals surface area contributed by atoms with Gasteiger partial charge < -0.3 is 9.47 Å². The molecule has 5 nitrogen and oxygen atoms in total. The van der Waals surface area contributed by atoms with Crippen molar-refractivity contribution in [3.05, 3.63) is 59.4 Å². The first-order valence-electron chi connectivity index (χ1n) is 8.32. The molecule has 0 N–H and O–H groups in total. The highest BCUT2D eigenvalue weighted by molar-refractivity contribution is 5.73. The first kappa shape index (κ1) is 18.6. The number of ether oxygens (including phenoxy) is 2. The van der Waals surface area contributed by atoms with Gasteiger partial charge in [-0.1, -0.05) is 26.0 Å². The van der Waals surface area contributed by atoms with Crippen LogP contribution in [0.2, 0.25) is 0 Å². The lowest BCUT2D eigenvalue weighted by atomic mass is 9.97. The second-order valence-electron chi connectivity index (χ2n) is 5.98. The number of carbonyl (C=O) groups excluding carboxylic acids is 2. The molecule has 0 spiro atoms. The van der Waals surface area contributed by atoms with Crippen molar-refractivity contribution in [1.29, 1.82) is 0 Å². The molecule has 1 atom stereocenters. The summed E-state index contributed by atoms with van der Waals surface area (Å²) in [5.41, 5.74) is 2.99. The van der Waals surface area contributed by atoms with Crippen LogP contribution in [0.3, 0.4) is 0 Å². The maximum Gasteiger partial charge on any atom is 0.310 e. The largest absolute Gasteiger partial charge is 0.469 e. The zero-order valence-corrected chi connectivity index (χ0v) is 14.8. The Morgan fingerprint density at radius 2 is 1.92 bits per heavy atom. The van der Waals surface area contributed by atoms with Crippen LogP contribution in [0.4, 0.5) is 0 Å². The van der Waals surface area contributed by atoms with Crippen molar-refractivity contribution in [2.24, 2.45) is 5.92 Å². The quantitative estimate of drug-likeness (QED) is 0.571. The fraction of sp³-hybridized carbons (Fsp3) is 0.350. The summed E-state index contributed by atoms with van der Waals surface area (Å²) in [6, 6.07) is 9.56. The Morgan fingerprint density at radius 1 is 1.16 bits per heavy atom. The van der Waals surface area contributed by atoms with Gasteiger partial charge in [-0.15, -0.1) is 0 Å². The van der Waals surface area contributed by atoms with Gasteiger partial charge in [0.1, 0.15) is 5.75 Å². The minimum atomic E-state index is -0.287. The van der Waals surface area contributed by atoms with Gasteiger partial charge in [-0.3, -0.25) is 14.6 Å². The molecular formula is C20H23NO4. The molecule has 0 aliphatic heterocycles. The van der Waals surface area contributed by atoms with E-state index in [2.05, 4.69) is 4.98 Å². The molecule has 1 unspecified atom stereocenters. The van der Waals surface area contributed by atoms with Crippen molar-refractivity contribution >= 4 is 11.9 Å². The number of pyridine rings is 1. The number of aromatic nitrogens is 1. The third kappa shape index (κ3) is 5.71. The van der Waals surface area contributed by atoms with Crippen molar-refractivity contribution in [1.82, 2.24) is 4.98 Å². The Kier molecular flexibility index (Phi) is 6.69. The molecule has 2 rings (SSSR count). The molecule has 0 saturated carbocycles. The maximum absolute atomic E-state index is 11.7. The molecule has 0 fully saturated rings. The summed E-state index contributed by atoms with van der Waals surface area (Å²) in [4.78, 5) is 27.4. The van der Waals surface area contributed by atoms with Gasteiger partial charge in [-0.25, -0.2) is 0 Å². The monoisotopic (exact) mass is 341 g/mol. The predicted octanol–water partition coefficient (Wildman–Crippen LogP) is 3.34. The molecular weight excluding hydrogens is 318 g/mol. The van der Waals surface area contributed by atoms with E-state index in [9.17, 15) is 9.59 Å². The molecule has 0 saturated heterocycles. The van der Waals surface area contributed by atoms with Crippen molar-refractivity contribution in [3.63, 3.8) is 0 Å². The van der Waals surface area contributed by atoms with Gasteiger partial charge >= 0.3 is 11.9 Å².